The van der Waals surface area contributed by atoms with Crippen LogP contribution < -0.4 is 0 Å². The van der Waals surface area contributed by atoms with Crippen molar-refractivity contribution in [3.05, 3.63) is 0 Å². The van der Waals surface area contributed by atoms with Crippen LogP contribution in [0.15, 0.2) is 0 Å². The first-order valence-corrected chi connectivity index (χ1v) is 10.5. The molecule has 4 heteroatoms. The lowest BCUT2D eigenvalue weighted by Crippen LogP contribution is -2.18. The minimum atomic E-state index is -0.725. The maximum Gasteiger partial charge on any atom is 0.306 e. The number of unbranched alkanes of at least 4 members (excludes halogenated alkanes) is 9. The average Bonchev–Trinajstić information content (AvgIpc) is 2.57. The standard InChI is InChI=1S/C21H40O4/c1-3-5-7-12-16-19(15-11-6-4-2)25-21(24)18-14-10-8-9-13-17-20(22)23/h19H,3-18H2,1-2H3,(H,22,23). The van der Waals surface area contributed by atoms with Gasteiger partial charge in [0.05, 0.1) is 0 Å². The van der Waals surface area contributed by atoms with Crippen molar-refractivity contribution in [1.29, 1.82) is 0 Å². The van der Waals surface area contributed by atoms with Crippen molar-refractivity contribution in [2.75, 3.05) is 0 Å². The van der Waals surface area contributed by atoms with Crippen molar-refractivity contribution in [3.63, 3.8) is 0 Å². The molecule has 0 saturated heterocycles. The van der Waals surface area contributed by atoms with E-state index in [-0.39, 0.29) is 18.5 Å². The van der Waals surface area contributed by atoms with Crippen LogP contribution in [0.4, 0.5) is 0 Å². The Hall–Kier alpha value is -1.06. The predicted molar refractivity (Wildman–Crippen MR) is 103 cm³/mol. The first kappa shape index (κ1) is 23.9. The summed E-state index contributed by atoms with van der Waals surface area (Å²) >= 11 is 0. The first-order chi connectivity index (χ1) is 12.1. The largest absolute Gasteiger partial charge is 0.481 e. The van der Waals surface area contributed by atoms with E-state index in [4.69, 9.17) is 9.84 Å². The van der Waals surface area contributed by atoms with Gasteiger partial charge in [-0.05, 0) is 38.5 Å². The van der Waals surface area contributed by atoms with Crippen LogP contribution in [0.3, 0.4) is 0 Å². The number of carbonyl (C=O) groups excluding carboxylic acids is 1. The molecule has 0 radical (unpaired) electrons. The zero-order valence-corrected chi connectivity index (χ0v) is 16.6. The fourth-order valence-electron chi connectivity index (χ4n) is 3.00. The first-order valence-electron chi connectivity index (χ1n) is 10.5. The van der Waals surface area contributed by atoms with Gasteiger partial charge in [-0.3, -0.25) is 9.59 Å². The third-order valence-corrected chi connectivity index (χ3v) is 4.58. The van der Waals surface area contributed by atoms with Gasteiger partial charge in [-0.25, -0.2) is 0 Å². The van der Waals surface area contributed by atoms with Gasteiger partial charge in [0, 0.05) is 12.8 Å². The van der Waals surface area contributed by atoms with Crippen molar-refractivity contribution < 1.29 is 19.4 Å². The Balaban J connectivity index is 3.84. The van der Waals surface area contributed by atoms with Gasteiger partial charge in [-0.15, -0.1) is 0 Å². The summed E-state index contributed by atoms with van der Waals surface area (Å²) < 4.78 is 5.72. The van der Waals surface area contributed by atoms with E-state index >= 15 is 0 Å². The monoisotopic (exact) mass is 356 g/mol. The molecule has 0 bridgehead atoms. The van der Waals surface area contributed by atoms with Gasteiger partial charge < -0.3 is 9.84 Å². The van der Waals surface area contributed by atoms with Crippen LogP contribution >= 0.6 is 0 Å². The number of hydrogen-bond donors (Lipinski definition) is 1. The zero-order chi connectivity index (χ0) is 18.8. The normalized spacial score (nSPS) is 12.1. The molecule has 0 saturated carbocycles. The van der Waals surface area contributed by atoms with Crippen molar-refractivity contribution >= 4 is 11.9 Å². The van der Waals surface area contributed by atoms with E-state index in [9.17, 15) is 9.59 Å². The van der Waals surface area contributed by atoms with E-state index in [2.05, 4.69) is 13.8 Å². The Labute approximate surface area is 154 Å². The van der Waals surface area contributed by atoms with Gasteiger partial charge in [0.25, 0.3) is 0 Å². The van der Waals surface area contributed by atoms with Crippen LogP contribution in [-0.2, 0) is 14.3 Å². The van der Waals surface area contributed by atoms with Crippen LogP contribution in [0.2, 0.25) is 0 Å². The highest BCUT2D eigenvalue weighted by atomic mass is 16.5. The Bertz CT molecular complexity index is 328. The van der Waals surface area contributed by atoms with E-state index in [1.165, 1.54) is 32.1 Å². The van der Waals surface area contributed by atoms with Gasteiger partial charge >= 0.3 is 11.9 Å². The third-order valence-electron chi connectivity index (χ3n) is 4.58. The molecule has 0 heterocycles. The van der Waals surface area contributed by atoms with Gasteiger partial charge in [0.15, 0.2) is 0 Å². The van der Waals surface area contributed by atoms with Crippen LogP contribution in [0, 0.1) is 0 Å². The molecule has 4 nitrogen and oxygen atoms in total. The Morgan fingerprint density at radius 1 is 0.720 bits per heavy atom. The summed E-state index contributed by atoms with van der Waals surface area (Å²) in [4.78, 5) is 22.5. The Morgan fingerprint density at radius 2 is 1.20 bits per heavy atom. The van der Waals surface area contributed by atoms with E-state index < -0.39 is 5.97 Å². The molecule has 0 rings (SSSR count). The minimum absolute atomic E-state index is 0.0532. The summed E-state index contributed by atoms with van der Waals surface area (Å²) in [5.41, 5.74) is 0. The van der Waals surface area contributed by atoms with Crippen molar-refractivity contribution in [1.82, 2.24) is 0 Å². The van der Waals surface area contributed by atoms with Gasteiger partial charge in [-0.1, -0.05) is 65.2 Å². The van der Waals surface area contributed by atoms with E-state index in [0.717, 1.165) is 57.8 Å². The molecule has 1 N–H and O–H groups in total. The quantitative estimate of drug-likeness (QED) is 0.232. The summed E-state index contributed by atoms with van der Waals surface area (Å²) in [6.07, 6.45) is 15.8. The highest BCUT2D eigenvalue weighted by Gasteiger charge is 2.13. The highest BCUT2D eigenvalue weighted by molar-refractivity contribution is 5.69. The molecular weight excluding hydrogens is 316 g/mol. The molecular formula is C21H40O4. The SMILES string of the molecule is CCCCCCC(CCCCC)OC(=O)CCCCCCCC(=O)O. The minimum Gasteiger partial charge on any atom is -0.481 e. The molecule has 0 aromatic heterocycles. The van der Waals surface area contributed by atoms with Crippen molar-refractivity contribution in [2.45, 2.75) is 123 Å². The van der Waals surface area contributed by atoms with Crippen molar-refractivity contribution in [3.8, 4) is 0 Å². The van der Waals surface area contributed by atoms with Gasteiger partial charge in [0.1, 0.15) is 6.10 Å². The number of aliphatic carboxylic acids is 1. The number of rotatable bonds is 18. The number of esters is 1. The molecule has 1 atom stereocenters. The van der Waals surface area contributed by atoms with Crippen LogP contribution in [-0.4, -0.2) is 23.1 Å². The molecule has 148 valence electrons. The van der Waals surface area contributed by atoms with E-state index in [1.54, 1.807) is 0 Å². The smallest absolute Gasteiger partial charge is 0.306 e. The summed E-state index contributed by atoms with van der Waals surface area (Å²) in [5, 5.41) is 8.58. The molecule has 0 aliphatic rings. The maximum absolute atomic E-state index is 12.1. The fourth-order valence-corrected chi connectivity index (χ4v) is 3.00. The summed E-state index contributed by atoms with van der Waals surface area (Å²) in [7, 11) is 0. The van der Waals surface area contributed by atoms with Crippen molar-refractivity contribution in [2.24, 2.45) is 0 Å². The van der Waals surface area contributed by atoms with Gasteiger partial charge in [-0.2, -0.15) is 0 Å². The molecule has 25 heavy (non-hydrogen) atoms. The number of carbonyl (C=O) groups is 2. The summed E-state index contributed by atoms with van der Waals surface area (Å²) in [5.74, 6) is -0.779. The number of carboxylic acid groups (broad SMARTS) is 1. The molecule has 0 aromatic carbocycles. The van der Waals surface area contributed by atoms with Crippen LogP contribution in [0.5, 0.6) is 0 Å². The molecule has 0 aromatic rings. The Kier molecular flexibility index (Phi) is 17.0. The summed E-state index contributed by atoms with van der Waals surface area (Å²) in [6.45, 7) is 4.40. The lowest BCUT2D eigenvalue weighted by atomic mass is 10.0. The van der Waals surface area contributed by atoms with Crippen LogP contribution in [0.1, 0.15) is 117 Å². The summed E-state index contributed by atoms with van der Waals surface area (Å²) in [6, 6.07) is 0. The number of hydrogen-bond acceptors (Lipinski definition) is 3. The predicted octanol–water partition coefficient (Wildman–Crippen LogP) is 6.26. The lowest BCUT2D eigenvalue weighted by molar-refractivity contribution is -0.150. The second-order valence-corrected chi connectivity index (χ2v) is 7.12. The van der Waals surface area contributed by atoms with E-state index in [0.29, 0.717) is 6.42 Å². The molecule has 0 spiro atoms. The number of ether oxygens (including phenoxy) is 1. The van der Waals surface area contributed by atoms with Crippen LogP contribution in [0.25, 0.3) is 0 Å². The third kappa shape index (κ3) is 17.6. The second kappa shape index (κ2) is 17.8. The zero-order valence-electron chi connectivity index (χ0n) is 16.6. The molecule has 0 fully saturated rings. The van der Waals surface area contributed by atoms with E-state index in [1.807, 2.05) is 0 Å². The average molecular weight is 357 g/mol. The molecule has 1 unspecified atom stereocenters. The fraction of sp³-hybridized carbons (Fsp3) is 0.905. The topological polar surface area (TPSA) is 63.6 Å². The lowest BCUT2D eigenvalue weighted by Gasteiger charge is -2.18. The second-order valence-electron chi connectivity index (χ2n) is 7.12. The molecule has 0 amide bonds. The Morgan fingerprint density at radius 3 is 1.80 bits per heavy atom. The molecule has 0 aliphatic heterocycles. The molecule has 0 aliphatic carbocycles. The highest BCUT2D eigenvalue weighted by Crippen LogP contribution is 2.16. The maximum atomic E-state index is 12.1. The number of carboxylic acids is 1. The van der Waals surface area contributed by atoms with Gasteiger partial charge in [0.2, 0.25) is 0 Å².